The third-order valence-corrected chi connectivity index (χ3v) is 4.05. The van der Waals surface area contributed by atoms with E-state index in [2.05, 4.69) is 67.2 Å². The molecule has 0 saturated carbocycles. The number of hydrogen-bond donors (Lipinski definition) is 0. The van der Waals surface area contributed by atoms with Crippen molar-refractivity contribution in [3.8, 4) is 0 Å². The molecule has 0 fully saturated rings. The molecule has 100 valence electrons. The summed E-state index contributed by atoms with van der Waals surface area (Å²) in [5.41, 5.74) is 5.99. The minimum Gasteiger partial charge on any atom is -0.279 e. The quantitative estimate of drug-likeness (QED) is 0.631. The summed E-state index contributed by atoms with van der Waals surface area (Å²) in [6.45, 7) is 4.57. The van der Waals surface area contributed by atoms with Gasteiger partial charge in [0.05, 0.1) is 12.3 Å². The van der Waals surface area contributed by atoms with Gasteiger partial charge in [-0.3, -0.25) is 4.99 Å². The Labute approximate surface area is 124 Å². The van der Waals surface area contributed by atoms with Crippen molar-refractivity contribution in [2.75, 3.05) is 0 Å². The Kier molecular flexibility index (Phi) is 2.71. The summed E-state index contributed by atoms with van der Waals surface area (Å²) in [6.07, 6.45) is 1.86. The summed E-state index contributed by atoms with van der Waals surface area (Å²) >= 11 is 0. The molecule has 0 bridgehead atoms. The predicted octanol–water partition coefficient (Wildman–Crippen LogP) is 4.83. The largest absolute Gasteiger partial charge is 0.279 e. The second-order valence-electron chi connectivity index (χ2n) is 5.35. The van der Waals surface area contributed by atoms with Gasteiger partial charge in [0, 0.05) is 11.1 Å². The van der Waals surface area contributed by atoms with Crippen LogP contribution in [-0.4, -0.2) is 5.71 Å². The van der Waals surface area contributed by atoms with E-state index in [1.54, 1.807) is 0 Å². The van der Waals surface area contributed by atoms with Gasteiger partial charge in [0.1, 0.15) is 0 Å². The van der Waals surface area contributed by atoms with Gasteiger partial charge in [-0.25, -0.2) is 0 Å². The van der Waals surface area contributed by atoms with Gasteiger partial charge in [-0.15, -0.1) is 0 Å². The van der Waals surface area contributed by atoms with Crippen molar-refractivity contribution < 1.29 is 0 Å². The Hall–Kier alpha value is -2.67. The topological polar surface area (TPSA) is 12.4 Å². The highest BCUT2D eigenvalue weighted by molar-refractivity contribution is 6.16. The van der Waals surface area contributed by atoms with E-state index < -0.39 is 0 Å². The van der Waals surface area contributed by atoms with Crippen LogP contribution >= 0.6 is 0 Å². The molecule has 1 heterocycles. The highest BCUT2D eigenvalue weighted by atomic mass is 14.8. The lowest BCUT2D eigenvalue weighted by Crippen LogP contribution is -2.00. The fourth-order valence-corrected chi connectivity index (χ4v) is 2.91. The smallest absolute Gasteiger partial charge is 0.0726 e. The van der Waals surface area contributed by atoms with Crippen molar-refractivity contribution in [1.82, 2.24) is 0 Å². The van der Waals surface area contributed by atoms with Crippen molar-refractivity contribution in [3.63, 3.8) is 0 Å². The van der Waals surface area contributed by atoms with Gasteiger partial charge in [0.2, 0.25) is 0 Å². The first-order valence-corrected chi connectivity index (χ1v) is 7.14. The number of fused-ring (bicyclic) bond motifs is 2. The first-order valence-electron chi connectivity index (χ1n) is 7.14. The molecule has 0 radical (unpaired) electrons. The van der Waals surface area contributed by atoms with Gasteiger partial charge in [0.25, 0.3) is 0 Å². The fourth-order valence-electron chi connectivity index (χ4n) is 2.91. The van der Waals surface area contributed by atoms with Crippen LogP contribution in [0, 0.1) is 0 Å². The van der Waals surface area contributed by atoms with Gasteiger partial charge in [-0.05, 0) is 34.0 Å². The van der Waals surface area contributed by atoms with E-state index in [1.807, 2.05) is 6.08 Å². The van der Waals surface area contributed by atoms with Gasteiger partial charge in [0.15, 0.2) is 0 Å². The van der Waals surface area contributed by atoms with Crippen LogP contribution < -0.4 is 0 Å². The van der Waals surface area contributed by atoms with E-state index in [-0.39, 0.29) is 0 Å². The average molecular weight is 269 g/mol. The SMILES string of the molecule is C=Cc1ccc(C2=NCc3cc4ccccc4cc32)cc1. The highest BCUT2D eigenvalue weighted by Gasteiger charge is 2.17. The first kappa shape index (κ1) is 12.1. The van der Waals surface area contributed by atoms with Gasteiger partial charge < -0.3 is 0 Å². The summed E-state index contributed by atoms with van der Waals surface area (Å²) in [5, 5.41) is 2.56. The molecular formula is C20H15N. The van der Waals surface area contributed by atoms with E-state index in [0.29, 0.717) is 0 Å². The normalized spacial score (nSPS) is 13.0. The second-order valence-corrected chi connectivity index (χ2v) is 5.35. The minimum absolute atomic E-state index is 0.776. The maximum Gasteiger partial charge on any atom is 0.0726 e. The van der Waals surface area contributed by atoms with Crippen LogP contribution in [-0.2, 0) is 6.54 Å². The number of rotatable bonds is 2. The van der Waals surface area contributed by atoms with Crippen molar-refractivity contribution in [1.29, 1.82) is 0 Å². The molecule has 0 saturated heterocycles. The molecule has 0 amide bonds. The summed E-state index contributed by atoms with van der Waals surface area (Å²) < 4.78 is 0. The van der Waals surface area contributed by atoms with Gasteiger partial charge in [-0.1, -0.05) is 61.2 Å². The molecule has 0 N–H and O–H groups in total. The third-order valence-electron chi connectivity index (χ3n) is 4.05. The summed E-state index contributed by atoms with van der Waals surface area (Å²) in [6, 6.07) is 21.4. The van der Waals surface area contributed by atoms with Crippen molar-refractivity contribution in [2.24, 2.45) is 4.99 Å². The van der Waals surface area contributed by atoms with Crippen LogP contribution in [0.3, 0.4) is 0 Å². The molecule has 1 aliphatic rings. The second kappa shape index (κ2) is 4.71. The van der Waals surface area contributed by atoms with Crippen LogP contribution in [0.2, 0.25) is 0 Å². The zero-order valence-electron chi connectivity index (χ0n) is 11.7. The molecule has 1 heteroatoms. The number of benzene rings is 3. The molecule has 0 aliphatic carbocycles. The van der Waals surface area contributed by atoms with Crippen LogP contribution in [0.5, 0.6) is 0 Å². The fraction of sp³-hybridized carbons (Fsp3) is 0.0500. The third kappa shape index (κ3) is 1.98. The zero-order valence-corrected chi connectivity index (χ0v) is 11.7. The molecule has 4 rings (SSSR count). The molecule has 0 aromatic heterocycles. The number of nitrogens with zero attached hydrogens (tertiary/aromatic N) is 1. The molecule has 0 spiro atoms. The minimum atomic E-state index is 0.776. The lowest BCUT2D eigenvalue weighted by atomic mass is 9.96. The van der Waals surface area contributed by atoms with Crippen LogP contribution in [0.25, 0.3) is 16.8 Å². The molecule has 21 heavy (non-hydrogen) atoms. The summed E-state index contributed by atoms with van der Waals surface area (Å²) in [4.78, 5) is 4.74. The van der Waals surface area contributed by atoms with E-state index in [0.717, 1.165) is 17.8 Å². The first-order chi connectivity index (χ1) is 10.3. The van der Waals surface area contributed by atoms with E-state index >= 15 is 0 Å². The lowest BCUT2D eigenvalue weighted by Gasteiger charge is -2.07. The molecule has 0 atom stereocenters. The Morgan fingerprint density at radius 3 is 2.33 bits per heavy atom. The van der Waals surface area contributed by atoms with Crippen molar-refractivity contribution in [2.45, 2.75) is 6.54 Å². The maximum atomic E-state index is 4.74. The molecule has 3 aromatic carbocycles. The summed E-state index contributed by atoms with van der Waals surface area (Å²) in [7, 11) is 0. The van der Waals surface area contributed by atoms with Crippen LogP contribution in [0.15, 0.2) is 72.2 Å². The highest BCUT2D eigenvalue weighted by Crippen LogP contribution is 2.28. The van der Waals surface area contributed by atoms with E-state index in [1.165, 1.54) is 27.5 Å². The van der Waals surface area contributed by atoms with Crippen molar-refractivity contribution >= 4 is 22.6 Å². The number of hydrogen-bond acceptors (Lipinski definition) is 1. The molecular weight excluding hydrogens is 254 g/mol. The average Bonchev–Trinajstić information content (AvgIpc) is 2.95. The van der Waals surface area contributed by atoms with Crippen molar-refractivity contribution in [3.05, 3.63) is 89.5 Å². The Morgan fingerprint density at radius 1 is 0.905 bits per heavy atom. The number of aliphatic imine (C=N–C) groups is 1. The lowest BCUT2D eigenvalue weighted by molar-refractivity contribution is 1.11. The Balaban J connectivity index is 1.84. The van der Waals surface area contributed by atoms with Gasteiger partial charge in [-0.2, -0.15) is 0 Å². The van der Waals surface area contributed by atoms with E-state index in [9.17, 15) is 0 Å². The predicted molar refractivity (Wildman–Crippen MR) is 89.8 cm³/mol. The standard InChI is InChI=1S/C20H15N/c1-2-14-7-9-15(10-8-14)20-19-12-17-6-4-3-5-16(17)11-18(19)13-21-20/h2-12H,1,13H2. The monoisotopic (exact) mass is 269 g/mol. The Morgan fingerprint density at radius 2 is 1.62 bits per heavy atom. The van der Waals surface area contributed by atoms with Crippen LogP contribution in [0.1, 0.15) is 22.3 Å². The summed E-state index contributed by atoms with van der Waals surface area (Å²) in [5.74, 6) is 0. The van der Waals surface area contributed by atoms with Crippen LogP contribution in [0.4, 0.5) is 0 Å². The zero-order chi connectivity index (χ0) is 14.2. The molecule has 0 unspecified atom stereocenters. The van der Waals surface area contributed by atoms with Gasteiger partial charge >= 0.3 is 0 Å². The Bertz CT molecular complexity index is 870. The van der Waals surface area contributed by atoms with E-state index in [4.69, 9.17) is 4.99 Å². The molecule has 3 aromatic rings. The molecule has 1 aliphatic heterocycles. The molecule has 1 nitrogen and oxygen atoms in total. The maximum absolute atomic E-state index is 4.74.